The van der Waals surface area contributed by atoms with Gasteiger partial charge in [0.15, 0.2) is 17.5 Å². The molecule has 10 rings (SSSR count). The summed E-state index contributed by atoms with van der Waals surface area (Å²) in [6.07, 6.45) is 4.46. The van der Waals surface area contributed by atoms with Crippen molar-refractivity contribution in [1.29, 1.82) is 0 Å². The zero-order valence-corrected chi connectivity index (χ0v) is 27.0. The minimum Gasteiger partial charge on any atom is -0.456 e. The molecule has 5 nitrogen and oxygen atoms in total. The van der Waals surface area contributed by atoms with Crippen LogP contribution in [0.2, 0.25) is 0 Å². The van der Waals surface area contributed by atoms with E-state index in [-0.39, 0.29) is 12.0 Å². The van der Waals surface area contributed by atoms with Crippen LogP contribution in [0.25, 0.3) is 62.3 Å². The van der Waals surface area contributed by atoms with Crippen LogP contribution in [0.1, 0.15) is 22.8 Å². The summed E-state index contributed by atoms with van der Waals surface area (Å²) in [6, 6.07) is 54.6. The van der Waals surface area contributed by atoms with Crippen molar-refractivity contribution in [3.8, 4) is 45.3 Å². The molecule has 50 heavy (non-hydrogen) atoms. The van der Waals surface area contributed by atoms with E-state index in [1.165, 1.54) is 22.5 Å². The van der Waals surface area contributed by atoms with Gasteiger partial charge in [0.25, 0.3) is 0 Å². The summed E-state index contributed by atoms with van der Waals surface area (Å²) < 4.78 is 6.74. The van der Waals surface area contributed by atoms with Crippen LogP contribution in [0.4, 0.5) is 11.4 Å². The third-order valence-electron chi connectivity index (χ3n) is 9.89. The van der Waals surface area contributed by atoms with Gasteiger partial charge in [0, 0.05) is 50.5 Å². The molecule has 2 atom stereocenters. The van der Waals surface area contributed by atoms with E-state index < -0.39 is 0 Å². The first-order chi connectivity index (χ1) is 24.8. The second kappa shape index (κ2) is 11.5. The Hall–Kier alpha value is -6.59. The standard InChI is InChI=1S/C45H30N4O/c1-5-15-29(16-6-1)39-34(45-47-43(30-17-7-2-8-18-30)46-44(48-45)31-19-9-3-10-20-31)25-27-37-41(39)42-38(50-37)28-26-36-40(42)33-23-13-14-24-35(33)49(36)32-21-11-4-12-22-32/h1-28,36,40H. The van der Waals surface area contributed by atoms with E-state index in [1.807, 2.05) is 60.7 Å². The van der Waals surface area contributed by atoms with Crippen LogP contribution in [0.3, 0.4) is 0 Å². The van der Waals surface area contributed by atoms with Crippen molar-refractivity contribution in [2.45, 2.75) is 12.0 Å². The minimum atomic E-state index is 0.0588. The van der Waals surface area contributed by atoms with Crippen LogP contribution in [-0.2, 0) is 0 Å². The van der Waals surface area contributed by atoms with Crippen LogP contribution in [-0.4, -0.2) is 21.0 Å². The van der Waals surface area contributed by atoms with Gasteiger partial charge in [-0.2, -0.15) is 0 Å². The van der Waals surface area contributed by atoms with Gasteiger partial charge in [-0.25, -0.2) is 15.0 Å². The van der Waals surface area contributed by atoms with Crippen LogP contribution in [0.15, 0.2) is 168 Å². The molecule has 0 amide bonds. The van der Waals surface area contributed by atoms with Crippen molar-refractivity contribution in [3.63, 3.8) is 0 Å². The summed E-state index contributed by atoms with van der Waals surface area (Å²) in [5.41, 5.74) is 10.7. The van der Waals surface area contributed by atoms with E-state index in [0.717, 1.165) is 44.5 Å². The Morgan fingerprint density at radius 3 is 1.74 bits per heavy atom. The Morgan fingerprint density at radius 1 is 0.520 bits per heavy atom. The fourth-order valence-corrected chi connectivity index (χ4v) is 7.76. The highest BCUT2D eigenvalue weighted by Crippen LogP contribution is 2.55. The zero-order chi connectivity index (χ0) is 33.0. The van der Waals surface area contributed by atoms with Crippen molar-refractivity contribution in [2.24, 2.45) is 0 Å². The smallest absolute Gasteiger partial charge is 0.164 e. The third-order valence-corrected chi connectivity index (χ3v) is 9.89. The lowest BCUT2D eigenvalue weighted by molar-refractivity contribution is 0.584. The number of fused-ring (bicyclic) bond motifs is 7. The minimum absolute atomic E-state index is 0.0588. The predicted molar refractivity (Wildman–Crippen MR) is 201 cm³/mol. The molecule has 0 fully saturated rings. The Kier molecular flexibility index (Phi) is 6.56. The normalized spacial score (nSPS) is 15.9. The summed E-state index contributed by atoms with van der Waals surface area (Å²) in [4.78, 5) is 17.8. The number of furan rings is 1. The van der Waals surface area contributed by atoms with Crippen molar-refractivity contribution < 1.29 is 4.42 Å². The summed E-state index contributed by atoms with van der Waals surface area (Å²) in [5, 5.41) is 1.09. The summed E-state index contributed by atoms with van der Waals surface area (Å²) >= 11 is 0. The van der Waals surface area contributed by atoms with Crippen LogP contribution >= 0.6 is 0 Å². The molecule has 1 aliphatic carbocycles. The summed E-state index contributed by atoms with van der Waals surface area (Å²) in [6.45, 7) is 0. The van der Waals surface area contributed by atoms with E-state index in [0.29, 0.717) is 17.5 Å². The lowest BCUT2D eigenvalue weighted by Crippen LogP contribution is -2.30. The maximum atomic E-state index is 6.74. The lowest BCUT2D eigenvalue weighted by atomic mass is 9.80. The fourth-order valence-electron chi connectivity index (χ4n) is 7.76. The van der Waals surface area contributed by atoms with Crippen molar-refractivity contribution >= 4 is 28.4 Å². The Morgan fingerprint density at radius 2 is 1.08 bits per heavy atom. The van der Waals surface area contributed by atoms with Gasteiger partial charge in [0.2, 0.25) is 0 Å². The molecule has 3 heterocycles. The average Bonchev–Trinajstić information content (AvgIpc) is 3.74. The van der Waals surface area contributed by atoms with E-state index in [2.05, 4.69) is 114 Å². The van der Waals surface area contributed by atoms with Gasteiger partial charge < -0.3 is 9.32 Å². The Bertz CT molecular complexity index is 2490. The number of hydrogen-bond donors (Lipinski definition) is 0. The molecule has 0 saturated carbocycles. The number of nitrogens with zero attached hydrogens (tertiary/aromatic N) is 4. The molecule has 2 unspecified atom stereocenters. The van der Waals surface area contributed by atoms with Crippen LogP contribution in [0, 0.1) is 0 Å². The maximum Gasteiger partial charge on any atom is 0.164 e. The quantitative estimate of drug-likeness (QED) is 0.187. The molecular weight excluding hydrogens is 613 g/mol. The topological polar surface area (TPSA) is 55.1 Å². The number of anilines is 2. The van der Waals surface area contributed by atoms with Gasteiger partial charge in [-0.15, -0.1) is 0 Å². The summed E-state index contributed by atoms with van der Waals surface area (Å²) in [5.74, 6) is 2.84. The molecule has 236 valence electrons. The lowest BCUT2D eigenvalue weighted by Gasteiger charge is -2.30. The van der Waals surface area contributed by atoms with Gasteiger partial charge >= 0.3 is 0 Å². The molecule has 0 N–H and O–H groups in total. The third kappa shape index (κ3) is 4.51. The second-order valence-electron chi connectivity index (χ2n) is 12.7. The maximum absolute atomic E-state index is 6.74. The van der Waals surface area contributed by atoms with E-state index in [1.54, 1.807) is 0 Å². The number of hydrogen-bond acceptors (Lipinski definition) is 5. The molecule has 2 aliphatic rings. The molecule has 0 saturated heterocycles. The van der Waals surface area contributed by atoms with Gasteiger partial charge in [0.1, 0.15) is 11.3 Å². The highest BCUT2D eigenvalue weighted by Gasteiger charge is 2.44. The molecule has 2 aromatic heterocycles. The summed E-state index contributed by atoms with van der Waals surface area (Å²) in [7, 11) is 0. The number of para-hydroxylation sites is 2. The molecule has 0 radical (unpaired) electrons. The SMILES string of the molecule is C1=CC2C(c3ccccc3N2c2ccccc2)c2c1oc1ccc(-c3nc(-c4ccccc4)nc(-c4ccccc4)n3)c(-c3ccccc3)c21. The van der Waals surface area contributed by atoms with Gasteiger partial charge in [0.05, 0.1) is 6.04 Å². The molecule has 5 heteroatoms. The van der Waals surface area contributed by atoms with Crippen molar-refractivity contribution in [2.75, 3.05) is 4.90 Å². The number of rotatable bonds is 5. The van der Waals surface area contributed by atoms with Crippen LogP contribution < -0.4 is 4.90 Å². The highest BCUT2D eigenvalue weighted by atomic mass is 16.3. The van der Waals surface area contributed by atoms with E-state index in [4.69, 9.17) is 19.4 Å². The first-order valence-electron chi connectivity index (χ1n) is 17.0. The second-order valence-corrected chi connectivity index (χ2v) is 12.7. The Labute approximate surface area is 289 Å². The zero-order valence-electron chi connectivity index (χ0n) is 27.0. The molecule has 1 aliphatic heterocycles. The van der Waals surface area contributed by atoms with E-state index in [9.17, 15) is 0 Å². The Balaban J connectivity index is 1.25. The molecule has 0 spiro atoms. The number of aromatic nitrogens is 3. The first-order valence-corrected chi connectivity index (χ1v) is 17.0. The largest absolute Gasteiger partial charge is 0.456 e. The number of benzene rings is 6. The first kappa shape index (κ1) is 28.4. The predicted octanol–water partition coefficient (Wildman–Crippen LogP) is 11.0. The monoisotopic (exact) mass is 642 g/mol. The van der Waals surface area contributed by atoms with Gasteiger partial charge in [-0.1, -0.05) is 133 Å². The van der Waals surface area contributed by atoms with Crippen LogP contribution in [0.5, 0.6) is 0 Å². The molecule has 6 aromatic carbocycles. The fraction of sp³-hybridized carbons (Fsp3) is 0.0444. The van der Waals surface area contributed by atoms with Gasteiger partial charge in [-0.05, 0) is 47.5 Å². The van der Waals surface area contributed by atoms with Crippen molar-refractivity contribution in [1.82, 2.24) is 15.0 Å². The van der Waals surface area contributed by atoms with Gasteiger partial charge in [-0.3, -0.25) is 0 Å². The van der Waals surface area contributed by atoms with E-state index >= 15 is 0 Å². The molecular formula is C45H30N4O. The highest BCUT2D eigenvalue weighted by molar-refractivity contribution is 6.06. The van der Waals surface area contributed by atoms with Crippen molar-refractivity contribution in [3.05, 3.63) is 181 Å². The molecule has 0 bridgehead atoms. The molecule has 8 aromatic rings. The average molecular weight is 643 g/mol.